The summed E-state index contributed by atoms with van der Waals surface area (Å²) >= 11 is 5.82. The third kappa shape index (κ3) is 2.84. The van der Waals surface area contributed by atoms with E-state index in [0.717, 1.165) is 5.76 Å². The van der Waals surface area contributed by atoms with Crippen LogP contribution in [0.1, 0.15) is 12.2 Å². The molecule has 0 saturated carbocycles. The fraction of sp³-hybridized carbons (Fsp3) is 0.200. The highest BCUT2D eigenvalue weighted by Crippen LogP contribution is 2.24. The molecule has 2 amide bonds. The van der Waals surface area contributed by atoms with E-state index < -0.39 is 6.04 Å². The van der Waals surface area contributed by atoms with Crippen molar-refractivity contribution in [3.05, 3.63) is 53.4 Å². The number of carbonyl (C=O) groups is 2. The first-order chi connectivity index (χ1) is 10.1. The highest BCUT2D eigenvalue weighted by atomic mass is 35.5. The van der Waals surface area contributed by atoms with Gasteiger partial charge in [0.1, 0.15) is 5.76 Å². The van der Waals surface area contributed by atoms with Crippen molar-refractivity contribution >= 4 is 29.1 Å². The Morgan fingerprint density at radius 2 is 2.00 bits per heavy atom. The number of hydrogen-bond donors (Lipinski definition) is 1. The number of imide groups is 1. The first-order valence-corrected chi connectivity index (χ1v) is 6.91. The average molecular weight is 305 g/mol. The Labute approximate surface area is 126 Å². The zero-order chi connectivity index (χ0) is 14.8. The van der Waals surface area contributed by atoms with Crippen molar-refractivity contribution < 1.29 is 14.0 Å². The molecule has 0 spiro atoms. The molecule has 1 atom stereocenters. The molecule has 1 aliphatic heterocycles. The van der Waals surface area contributed by atoms with Crippen molar-refractivity contribution in [1.29, 1.82) is 0 Å². The lowest BCUT2D eigenvalue weighted by Crippen LogP contribution is -2.38. The number of amides is 2. The van der Waals surface area contributed by atoms with Crippen molar-refractivity contribution in [1.82, 2.24) is 5.32 Å². The average Bonchev–Trinajstić information content (AvgIpc) is 3.07. The van der Waals surface area contributed by atoms with Crippen molar-refractivity contribution in [3.63, 3.8) is 0 Å². The Bertz CT molecular complexity index is 652. The lowest BCUT2D eigenvalue weighted by molar-refractivity contribution is -0.121. The van der Waals surface area contributed by atoms with Crippen LogP contribution in [0.15, 0.2) is 47.1 Å². The Morgan fingerprint density at radius 3 is 2.67 bits per heavy atom. The molecule has 1 saturated heterocycles. The van der Waals surface area contributed by atoms with Crippen LogP contribution in [-0.2, 0) is 16.1 Å². The number of hydrogen-bond acceptors (Lipinski definition) is 4. The lowest BCUT2D eigenvalue weighted by Gasteiger charge is -2.15. The molecule has 2 aromatic rings. The zero-order valence-electron chi connectivity index (χ0n) is 11.1. The maximum Gasteiger partial charge on any atom is 0.251 e. The van der Waals surface area contributed by atoms with E-state index in [2.05, 4.69) is 5.32 Å². The summed E-state index contributed by atoms with van der Waals surface area (Å²) in [7, 11) is 0. The Hall–Kier alpha value is -2.11. The van der Waals surface area contributed by atoms with Gasteiger partial charge in [-0.3, -0.25) is 14.9 Å². The topological polar surface area (TPSA) is 62.6 Å². The number of nitrogens with one attached hydrogen (secondary N) is 1. The standard InChI is InChI=1S/C15H13ClN2O3/c16-10-3-5-11(6-4-10)18-14(19)8-13(15(18)20)17-9-12-2-1-7-21-12/h1-7,13,17H,8-9H2/t13-/m0/s1. The van der Waals surface area contributed by atoms with Crippen LogP contribution in [0.5, 0.6) is 0 Å². The maximum atomic E-state index is 12.3. The highest BCUT2D eigenvalue weighted by molar-refractivity contribution is 6.30. The Balaban J connectivity index is 1.71. The Morgan fingerprint density at radius 1 is 1.24 bits per heavy atom. The second-order valence-electron chi connectivity index (χ2n) is 4.76. The molecule has 0 bridgehead atoms. The maximum absolute atomic E-state index is 12.3. The normalized spacial score (nSPS) is 18.5. The van der Waals surface area contributed by atoms with Crippen molar-refractivity contribution in [2.75, 3.05) is 4.90 Å². The number of halogens is 1. The second kappa shape index (κ2) is 5.71. The molecule has 1 N–H and O–H groups in total. The molecule has 0 radical (unpaired) electrons. The monoisotopic (exact) mass is 304 g/mol. The van der Waals surface area contributed by atoms with Gasteiger partial charge in [0, 0.05) is 5.02 Å². The SMILES string of the molecule is O=C1C[C@H](NCc2ccco2)C(=O)N1c1ccc(Cl)cc1. The van der Waals surface area contributed by atoms with Gasteiger partial charge in [-0.15, -0.1) is 0 Å². The van der Waals surface area contributed by atoms with Gasteiger partial charge >= 0.3 is 0 Å². The molecule has 108 valence electrons. The van der Waals surface area contributed by atoms with Gasteiger partial charge in [0.15, 0.2) is 0 Å². The summed E-state index contributed by atoms with van der Waals surface area (Å²) in [6.45, 7) is 0.408. The molecule has 1 aliphatic rings. The lowest BCUT2D eigenvalue weighted by atomic mass is 10.2. The van der Waals surface area contributed by atoms with Crippen LogP contribution < -0.4 is 10.2 Å². The fourth-order valence-electron chi connectivity index (χ4n) is 2.29. The summed E-state index contributed by atoms with van der Waals surface area (Å²) in [5, 5.41) is 3.60. The zero-order valence-corrected chi connectivity index (χ0v) is 11.8. The molecule has 0 unspecified atom stereocenters. The van der Waals surface area contributed by atoms with E-state index in [1.807, 2.05) is 6.07 Å². The van der Waals surface area contributed by atoms with E-state index in [-0.39, 0.29) is 18.2 Å². The number of nitrogens with zero attached hydrogens (tertiary/aromatic N) is 1. The van der Waals surface area contributed by atoms with Crippen LogP contribution in [0.4, 0.5) is 5.69 Å². The van der Waals surface area contributed by atoms with Gasteiger partial charge in [-0.05, 0) is 36.4 Å². The van der Waals surface area contributed by atoms with Gasteiger partial charge in [-0.2, -0.15) is 0 Å². The number of furan rings is 1. The number of benzene rings is 1. The molecule has 1 aromatic carbocycles. The largest absolute Gasteiger partial charge is 0.468 e. The predicted octanol–water partition coefficient (Wildman–Crippen LogP) is 2.35. The number of anilines is 1. The molecule has 21 heavy (non-hydrogen) atoms. The summed E-state index contributed by atoms with van der Waals surface area (Å²) in [6.07, 6.45) is 1.71. The third-order valence-corrected chi connectivity index (χ3v) is 3.59. The predicted molar refractivity (Wildman–Crippen MR) is 77.9 cm³/mol. The second-order valence-corrected chi connectivity index (χ2v) is 5.20. The van der Waals surface area contributed by atoms with Crippen LogP contribution in [-0.4, -0.2) is 17.9 Å². The van der Waals surface area contributed by atoms with E-state index >= 15 is 0 Å². The van der Waals surface area contributed by atoms with Crippen molar-refractivity contribution in [3.8, 4) is 0 Å². The van der Waals surface area contributed by atoms with Gasteiger partial charge in [0.05, 0.1) is 31.0 Å². The van der Waals surface area contributed by atoms with Crippen LogP contribution in [0.25, 0.3) is 0 Å². The number of rotatable bonds is 4. The van der Waals surface area contributed by atoms with Gasteiger partial charge in [-0.25, -0.2) is 4.90 Å². The van der Waals surface area contributed by atoms with Crippen LogP contribution in [0, 0.1) is 0 Å². The number of carbonyl (C=O) groups excluding carboxylic acids is 2. The summed E-state index contributed by atoms with van der Waals surface area (Å²) in [5.41, 5.74) is 0.539. The van der Waals surface area contributed by atoms with Crippen molar-refractivity contribution in [2.45, 2.75) is 19.0 Å². The summed E-state index contributed by atoms with van der Waals surface area (Å²) < 4.78 is 5.19. The van der Waals surface area contributed by atoms with Crippen molar-refractivity contribution in [2.24, 2.45) is 0 Å². The van der Waals surface area contributed by atoms with E-state index in [4.69, 9.17) is 16.0 Å². The van der Waals surface area contributed by atoms with E-state index in [1.165, 1.54) is 4.90 Å². The van der Waals surface area contributed by atoms with Gasteiger partial charge in [-0.1, -0.05) is 11.6 Å². The minimum Gasteiger partial charge on any atom is -0.468 e. The molecule has 2 heterocycles. The first kappa shape index (κ1) is 13.9. The van der Waals surface area contributed by atoms with Gasteiger partial charge in [0.25, 0.3) is 5.91 Å². The fourth-order valence-corrected chi connectivity index (χ4v) is 2.42. The smallest absolute Gasteiger partial charge is 0.251 e. The molecular weight excluding hydrogens is 292 g/mol. The van der Waals surface area contributed by atoms with E-state index in [9.17, 15) is 9.59 Å². The molecule has 1 fully saturated rings. The van der Waals surface area contributed by atoms with Crippen LogP contribution in [0.3, 0.4) is 0 Å². The minimum atomic E-state index is -0.529. The molecule has 1 aromatic heterocycles. The highest BCUT2D eigenvalue weighted by Gasteiger charge is 2.39. The van der Waals surface area contributed by atoms with Gasteiger partial charge < -0.3 is 4.42 Å². The van der Waals surface area contributed by atoms with Gasteiger partial charge in [0.2, 0.25) is 5.91 Å². The third-order valence-electron chi connectivity index (χ3n) is 3.33. The summed E-state index contributed by atoms with van der Waals surface area (Å²) in [4.78, 5) is 25.6. The molecule has 5 nitrogen and oxygen atoms in total. The van der Waals surface area contributed by atoms with Crippen LogP contribution >= 0.6 is 11.6 Å². The Kier molecular flexibility index (Phi) is 3.77. The first-order valence-electron chi connectivity index (χ1n) is 6.53. The van der Waals surface area contributed by atoms with Crippen LogP contribution in [0.2, 0.25) is 5.02 Å². The quantitative estimate of drug-likeness (QED) is 0.881. The molecule has 6 heteroatoms. The molecular formula is C15H13ClN2O3. The molecule has 0 aliphatic carbocycles. The summed E-state index contributed by atoms with van der Waals surface area (Å²) in [5.74, 6) is 0.244. The molecule has 3 rings (SSSR count). The summed E-state index contributed by atoms with van der Waals surface area (Å²) in [6, 6.07) is 9.68. The minimum absolute atomic E-state index is 0.141. The van der Waals surface area contributed by atoms with E-state index in [0.29, 0.717) is 17.3 Å². The van der Waals surface area contributed by atoms with E-state index in [1.54, 1.807) is 36.6 Å².